The lowest BCUT2D eigenvalue weighted by Crippen LogP contribution is -2.49. The molecule has 0 spiro atoms. The summed E-state index contributed by atoms with van der Waals surface area (Å²) in [6, 6.07) is 18.9. The van der Waals surface area contributed by atoms with Crippen molar-refractivity contribution in [3.63, 3.8) is 0 Å². The molecule has 1 atom stereocenters. The molecule has 0 aromatic heterocycles. The number of ether oxygens (including phenoxy) is 2. The highest BCUT2D eigenvalue weighted by Crippen LogP contribution is 2.28. The first-order valence-corrected chi connectivity index (χ1v) is 13.0. The molecule has 1 heterocycles. The van der Waals surface area contributed by atoms with Crippen molar-refractivity contribution in [2.45, 2.75) is 25.8 Å². The number of methoxy groups -OCH3 is 1. The van der Waals surface area contributed by atoms with Crippen LogP contribution in [0.3, 0.4) is 0 Å². The second kappa shape index (κ2) is 12.6. The fourth-order valence-electron chi connectivity index (χ4n) is 3.91. The van der Waals surface area contributed by atoms with Crippen molar-refractivity contribution in [2.75, 3.05) is 23.9 Å². The van der Waals surface area contributed by atoms with Gasteiger partial charge in [0.25, 0.3) is 11.8 Å². The molecule has 0 aliphatic carbocycles. The third-order valence-electron chi connectivity index (χ3n) is 5.84. The van der Waals surface area contributed by atoms with Crippen LogP contribution in [0.25, 0.3) is 0 Å². The molecular weight excluding hydrogens is 540 g/mol. The SMILES string of the molecule is CCCOc1ccc(NC(=O)C[C@H]2C(=O)N(c3ccc(Cl)cc3)C(=S)N2NC(=O)c2cccc(OC)c2)cc1. The molecule has 9 nitrogen and oxygen atoms in total. The summed E-state index contributed by atoms with van der Waals surface area (Å²) in [5, 5.41) is 4.54. The Kier molecular flexibility index (Phi) is 9.00. The number of amides is 3. The molecule has 2 N–H and O–H groups in total. The highest BCUT2D eigenvalue weighted by atomic mass is 35.5. The van der Waals surface area contributed by atoms with Crippen LogP contribution in [0.5, 0.6) is 11.5 Å². The van der Waals surface area contributed by atoms with Gasteiger partial charge in [0.2, 0.25) is 11.0 Å². The van der Waals surface area contributed by atoms with E-state index in [1.807, 2.05) is 6.92 Å². The molecule has 11 heteroatoms. The van der Waals surface area contributed by atoms with Gasteiger partial charge < -0.3 is 14.8 Å². The summed E-state index contributed by atoms with van der Waals surface area (Å²) in [6.07, 6.45) is 0.614. The minimum atomic E-state index is -1.09. The van der Waals surface area contributed by atoms with Crippen molar-refractivity contribution in [3.05, 3.63) is 83.4 Å². The Morgan fingerprint density at radius 3 is 2.41 bits per heavy atom. The Labute approximate surface area is 236 Å². The maximum Gasteiger partial charge on any atom is 0.270 e. The predicted molar refractivity (Wildman–Crippen MR) is 153 cm³/mol. The van der Waals surface area contributed by atoms with E-state index in [-0.39, 0.29) is 11.5 Å². The van der Waals surface area contributed by atoms with E-state index in [2.05, 4.69) is 10.7 Å². The molecule has 3 aromatic carbocycles. The van der Waals surface area contributed by atoms with Crippen molar-refractivity contribution in [2.24, 2.45) is 0 Å². The number of hydrogen-bond acceptors (Lipinski definition) is 6. The Morgan fingerprint density at radius 1 is 1.03 bits per heavy atom. The van der Waals surface area contributed by atoms with Crippen LogP contribution < -0.4 is 25.1 Å². The van der Waals surface area contributed by atoms with Gasteiger partial charge in [-0.2, -0.15) is 0 Å². The van der Waals surface area contributed by atoms with Gasteiger partial charge in [0.15, 0.2) is 0 Å². The zero-order valence-corrected chi connectivity index (χ0v) is 22.9. The number of carbonyl (C=O) groups is 3. The Morgan fingerprint density at radius 2 is 1.74 bits per heavy atom. The van der Waals surface area contributed by atoms with Crippen molar-refractivity contribution in [3.8, 4) is 11.5 Å². The van der Waals surface area contributed by atoms with E-state index in [9.17, 15) is 14.4 Å². The van der Waals surface area contributed by atoms with Gasteiger partial charge in [0.1, 0.15) is 17.5 Å². The quantitative estimate of drug-likeness (QED) is 0.340. The summed E-state index contributed by atoms with van der Waals surface area (Å²) >= 11 is 11.6. The minimum absolute atomic E-state index is 0.0220. The summed E-state index contributed by atoms with van der Waals surface area (Å²) in [5.41, 5.74) is 3.99. The second-order valence-corrected chi connectivity index (χ2v) is 9.42. The normalized spacial score (nSPS) is 14.8. The number of benzene rings is 3. The summed E-state index contributed by atoms with van der Waals surface area (Å²) < 4.78 is 10.8. The standard InChI is InChI=1S/C28H27ClN4O5S/c1-3-15-38-22-13-9-20(10-14-22)30-25(34)17-24-27(36)32(21-11-7-19(29)8-12-21)28(39)33(24)31-26(35)18-5-4-6-23(16-18)37-2/h4-14,16,24H,3,15,17H2,1-2H3,(H,30,34)(H,31,35)/t24-/m0/s1. The van der Waals surface area contributed by atoms with Crippen LogP contribution in [-0.4, -0.2) is 47.6 Å². The van der Waals surface area contributed by atoms with Gasteiger partial charge in [0.05, 0.1) is 25.8 Å². The second-order valence-electron chi connectivity index (χ2n) is 8.62. The van der Waals surface area contributed by atoms with Gasteiger partial charge in [-0.3, -0.25) is 24.7 Å². The van der Waals surface area contributed by atoms with Gasteiger partial charge >= 0.3 is 0 Å². The zero-order valence-electron chi connectivity index (χ0n) is 21.3. The van der Waals surface area contributed by atoms with Crippen LogP contribution in [0.4, 0.5) is 11.4 Å². The van der Waals surface area contributed by atoms with Crippen molar-refractivity contribution in [1.82, 2.24) is 10.4 Å². The maximum absolute atomic E-state index is 13.6. The average Bonchev–Trinajstić information content (AvgIpc) is 3.17. The first-order chi connectivity index (χ1) is 18.8. The lowest BCUT2D eigenvalue weighted by Gasteiger charge is -2.24. The molecule has 0 radical (unpaired) electrons. The molecule has 1 saturated heterocycles. The van der Waals surface area contributed by atoms with E-state index in [4.69, 9.17) is 33.3 Å². The monoisotopic (exact) mass is 566 g/mol. The molecule has 202 valence electrons. The Balaban J connectivity index is 1.55. The van der Waals surface area contributed by atoms with Crippen LogP contribution in [0.2, 0.25) is 5.02 Å². The zero-order chi connectivity index (χ0) is 27.9. The van der Waals surface area contributed by atoms with Crippen LogP contribution >= 0.6 is 23.8 Å². The molecule has 39 heavy (non-hydrogen) atoms. The number of anilines is 2. The van der Waals surface area contributed by atoms with Crippen molar-refractivity contribution < 1.29 is 23.9 Å². The lowest BCUT2D eigenvalue weighted by molar-refractivity contribution is -0.124. The third-order valence-corrected chi connectivity index (χ3v) is 6.47. The molecule has 0 saturated carbocycles. The van der Waals surface area contributed by atoms with Crippen LogP contribution in [0, 0.1) is 0 Å². The summed E-state index contributed by atoms with van der Waals surface area (Å²) in [6.45, 7) is 2.61. The number of nitrogens with zero attached hydrogens (tertiary/aromatic N) is 2. The number of rotatable bonds is 10. The molecule has 0 unspecified atom stereocenters. The largest absolute Gasteiger partial charge is 0.497 e. The summed E-state index contributed by atoms with van der Waals surface area (Å²) in [5.74, 6) is -0.234. The van der Waals surface area contributed by atoms with E-state index >= 15 is 0 Å². The molecule has 0 bridgehead atoms. The van der Waals surface area contributed by atoms with Crippen LogP contribution in [0.15, 0.2) is 72.8 Å². The smallest absolute Gasteiger partial charge is 0.270 e. The van der Waals surface area contributed by atoms with E-state index < -0.39 is 23.8 Å². The van der Waals surface area contributed by atoms with Gasteiger partial charge in [-0.15, -0.1) is 0 Å². The lowest BCUT2D eigenvalue weighted by atomic mass is 10.1. The third kappa shape index (κ3) is 6.65. The molecule has 3 amide bonds. The molecule has 4 rings (SSSR count). The first-order valence-electron chi connectivity index (χ1n) is 12.2. The van der Waals surface area contributed by atoms with Gasteiger partial charge in [-0.1, -0.05) is 24.6 Å². The Bertz CT molecular complexity index is 1370. The molecular formula is C28H27ClN4O5S. The highest BCUT2D eigenvalue weighted by molar-refractivity contribution is 7.80. The Hall–Kier alpha value is -4.15. The minimum Gasteiger partial charge on any atom is -0.497 e. The molecule has 1 aliphatic heterocycles. The summed E-state index contributed by atoms with van der Waals surface area (Å²) in [4.78, 5) is 41.0. The average molecular weight is 567 g/mol. The molecule has 1 fully saturated rings. The predicted octanol–water partition coefficient (Wildman–Crippen LogP) is 4.81. The van der Waals surface area contributed by atoms with Gasteiger partial charge in [-0.25, -0.2) is 5.01 Å². The van der Waals surface area contributed by atoms with Crippen LogP contribution in [-0.2, 0) is 9.59 Å². The summed E-state index contributed by atoms with van der Waals surface area (Å²) in [7, 11) is 1.50. The van der Waals surface area contributed by atoms with Gasteiger partial charge in [0, 0.05) is 16.3 Å². The fraction of sp³-hybridized carbons (Fsp3) is 0.214. The molecule has 1 aliphatic rings. The van der Waals surface area contributed by atoms with E-state index in [0.29, 0.717) is 40.1 Å². The number of halogens is 1. The maximum atomic E-state index is 13.6. The number of carbonyl (C=O) groups excluding carboxylic acids is 3. The fourth-order valence-corrected chi connectivity index (χ4v) is 4.40. The van der Waals surface area contributed by atoms with Crippen molar-refractivity contribution in [1.29, 1.82) is 0 Å². The van der Waals surface area contributed by atoms with E-state index in [1.54, 1.807) is 72.8 Å². The number of hydrogen-bond donors (Lipinski definition) is 2. The topological polar surface area (TPSA) is 100 Å². The van der Waals surface area contributed by atoms with E-state index in [0.717, 1.165) is 6.42 Å². The first kappa shape index (κ1) is 27.9. The van der Waals surface area contributed by atoms with Gasteiger partial charge in [-0.05, 0) is 85.4 Å². The molecule has 3 aromatic rings. The highest BCUT2D eigenvalue weighted by Gasteiger charge is 2.45. The van der Waals surface area contributed by atoms with Crippen molar-refractivity contribution >= 4 is 58.0 Å². The van der Waals surface area contributed by atoms with Crippen LogP contribution in [0.1, 0.15) is 30.1 Å². The number of thiocarbonyl (C=S) groups is 1. The number of hydrazine groups is 1. The van der Waals surface area contributed by atoms with E-state index in [1.165, 1.54) is 17.0 Å². The number of nitrogens with one attached hydrogen (secondary N) is 2.